The summed E-state index contributed by atoms with van der Waals surface area (Å²) in [5, 5.41) is 3.59. The van der Waals surface area contributed by atoms with E-state index in [0.717, 1.165) is 31.0 Å². The standard InChI is InChI=1S/C10H19NO/c1-12-5-4-11-10-7-8-2-3-9(10)6-8/h8-11H,2-7H2,1H3/t8-,9+,10+/m0/s1. The van der Waals surface area contributed by atoms with Crippen LogP contribution < -0.4 is 5.32 Å². The van der Waals surface area contributed by atoms with Crippen molar-refractivity contribution in [3.05, 3.63) is 0 Å². The van der Waals surface area contributed by atoms with Crippen LogP contribution in [0.1, 0.15) is 25.7 Å². The van der Waals surface area contributed by atoms with E-state index in [-0.39, 0.29) is 0 Å². The normalized spacial score (nSPS) is 39.2. The number of methoxy groups -OCH3 is 1. The van der Waals surface area contributed by atoms with Crippen LogP contribution in [0.5, 0.6) is 0 Å². The molecule has 1 N–H and O–H groups in total. The Morgan fingerprint density at radius 1 is 1.33 bits per heavy atom. The molecular weight excluding hydrogens is 150 g/mol. The van der Waals surface area contributed by atoms with E-state index in [9.17, 15) is 0 Å². The van der Waals surface area contributed by atoms with Gasteiger partial charge in [0.05, 0.1) is 6.61 Å². The highest BCUT2D eigenvalue weighted by atomic mass is 16.5. The van der Waals surface area contributed by atoms with Gasteiger partial charge in [-0.05, 0) is 31.1 Å². The van der Waals surface area contributed by atoms with Gasteiger partial charge in [0, 0.05) is 19.7 Å². The first kappa shape index (κ1) is 8.52. The van der Waals surface area contributed by atoms with Gasteiger partial charge >= 0.3 is 0 Å². The monoisotopic (exact) mass is 169 g/mol. The lowest BCUT2D eigenvalue weighted by Gasteiger charge is -2.22. The number of hydrogen-bond acceptors (Lipinski definition) is 2. The quantitative estimate of drug-likeness (QED) is 0.642. The number of ether oxygens (including phenoxy) is 1. The summed E-state index contributed by atoms with van der Waals surface area (Å²) >= 11 is 0. The second kappa shape index (κ2) is 3.75. The lowest BCUT2D eigenvalue weighted by atomic mass is 9.95. The van der Waals surface area contributed by atoms with Crippen molar-refractivity contribution >= 4 is 0 Å². The molecule has 0 spiro atoms. The van der Waals surface area contributed by atoms with Crippen LogP contribution in [0.15, 0.2) is 0 Å². The van der Waals surface area contributed by atoms with E-state index in [1.54, 1.807) is 7.11 Å². The van der Waals surface area contributed by atoms with Crippen LogP contribution in [-0.4, -0.2) is 26.3 Å². The highest BCUT2D eigenvalue weighted by Crippen LogP contribution is 2.44. The maximum absolute atomic E-state index is 5.02. The summed E-state index contributed by atoms with van der Waals surface area (Å²) in [5.41, 5.74) is 0. The van der Waals surface area contributed by atoms with Crippen molar-refractivity contribution in [3.63, 3.8) is 0 Å². The fourth-order valence-electron chi connectivity index (χ4n) is 2.84. The molecular formula is C10H19NO. The minimum atomic E-state index is 0.818. The van der Waals surface area contributed by atoms with Gasteiger partial charge in [0.1, 0.15) is 0 Å². The van der Waals surface area contributed by atoms with E-state index in [1.807, 2.05) is 0 Å². The average Bonchev–Trinajstić information content (AvgIpc) is 2.65. The molecule has 2 aliphatic carbocycles. The Morgan fingerprint density at radius 3 is 2.83 bits per heavy atom. The molecule has 0 aliphatic heterocycles. The van der Waals surface area contributed by atoms with Crippen LogP contribution in [0.4, 0.5) is 0 Å². The molecule has 0 aromatic rings. The van der Waals surface area contributed by atoms with Gasteiger partial charge in [-0.3, -0.25) is 0 Å². The van der Waals surface area contributed by atoms with Gasteiger partial charge in [-0.1, -0.05) is 6.42 Å². The van der Waals surface area contributed by atoms with Gasteiger partial charge in [0.15, 0.2) is 0 Å². The molecule has 2 rings (SSSR count). The summed E-state index contributed by atoms with van der Waals surface area (Å²) in [7, 11) is 1.77. The average molecular weight is 169 g/mol. The Bertz CT molecular complexity index is 149. The predicted octanol–water partition coefficient (Wildman–Crippen LogP) is 1.41. The first-order valence-electron chi connectivity index (χ1n) is 5.12. The van der Waals surface area contributed by atoms with Gasteiger partial charge in [-0.15, -0.1) is 0 Å². The Balaban J connectivity index is 1.69. The minimum absolute atomic E-state index is 0.818. The first-order chi connectivity index (χ1) is 5.90. The highest BCUT2D eigenvalue weighted by Gasteiger charge is 2.38. The zero-order chi connectivity index (χ0) is 8.39. The van der Waals surface area contributed by atoms with Gasteiger partial charge in [0.2, 0.25) is 0 Å². The minimum Gasteiger partial charge on any atom is -0.383 e. The molecule has 3 atom stereocenters. The summed E-state index contributed by atoms with van der Waals surface area (Å²) in [4.78, 5) is 0. The highest BCUT2D eigenvalue weighted by molar-refractivity contribution is 4.93. The molecule has 0 radical (unpaired) electrons. The smallest absolute Gasteiger partial charge is 0.0587 e. The number of hydrogen-bond donors (Lipinski definition) is 1. The van der Waals surface area contributed by atoms with Crippen LogP contribution in [0.2, 0.25) is 0 Å². The SMILES string of the molecule is COCCN[C@@H]1C[C@H]2CC[C@@H]1C2. The molecule has 70 valence electrons. The van der Waals surface area contributed by atoms with Crippen molar-refractivity contribution in [2.45, 2.75) is 31.7 Å². The molecule has 12 heavy (non-hydrogen) atoms. The number of rotatable bonds is 4. The van der Waals surface area contributed by atoms with Crippen molar-refractivity contribution in [3.8, 4) is 0 Å². The van der Waals surface area contributed by atoms with Crippen LogP contribution in [0, 0.1) is 11.8 Å². The summed E-state index contributed by atoms with van der Waals surface area (Å²) in [6.45, 7) is 1.89. The molecule has 2 heteroatoms. The number of fused-ring (bicyclic) bond motifs is 2. The number of nitrogens with one attached hydrogen (secondary N) is 1. The van der Waals surface area contributed by atoms with E-state index < -0.39 is 0 Å². The molecule has 0 aromatic heterocycles. The van der Waals surface area contributed by atoms with Gasteiger partial charge in [-0.2, -0.15) is 0 Å². The molecule has 2 saturated carbocycles. The van der Waals surface area contributed by atoms with Crippen LogP contribution >= 0.6 is 0 Å². The maximum Gasteiger partial charge on any atom is 0.0587 e. The van der Waals surface area contributed by atoms with Gasteiger partial charge < -0.3 is 10.1 Å². The second-order valence-electron chi connectivity index (χ2n) is 4.23. The fourth-order valence-corrected chi connectivity index (χ4v) is 2.84. The zero-order valence-electron chi connectivity index (χ0n) is 7.88. The van der Waals surface area contributed by atoms with Crippen molar-refractivity contribution in [1.29, 1.82) is 0 Å². The van der Waals surface area contributed by atoms with Crippen LogP contribution in [0.3, 0.4) is 0 Å². The van der Waals surface area contributed by atoms with E-state index in [2.05, 4.69) is 5.32 Å². The Kier molecular flexibility index (Phi) is 2.66. The van der Waals surface area contributed by atoms with Crippen molar-refractivity contribution in [1.82, 2.24) is 5.32 Å². The summed E-state index contributed by atoms with van der Waals surface area (Å²) < 4.78 is 5.02. The second-order valence-corrected chi connectivity index (χ2v) is 4.23. The fraction of sp³-hybridized carbons (Fsp3) is 1.00. The Labute approximate surface area is 74.7 Å². The van der Waals surface area contributed by atoms with Crippen LogP contribution in [0.25, 0.3) is 0 Å². The van der Waals surface area contributed by atoms with E-state index in [1.165, 1.54) is 25.7 Å². The third-order valence-corrected chi connectivity index (χ3v) is 3.45. The molecule has 0 amide bonds. The molecule has 2 nitrogen and oxygen atoms in total. The van der Waals surface area contributed by atoms with E-state index in [4.69, 9.17) is 4.74 Å². The Hall–Kier alpha value is -0.0800. The first-order valence-corrected chi connectivity index (χ1v) is 5.12. The maximum atomic E-state index is 5.02. The Morgan fingerprint density at radius 2 is 2.25 bits per heavy atom. The summed E-state index contributed by atoms with van der Waals surface area (Å²) in [6, 6.07) is 0.818. The lowest BCUT2D eigenvalue weighted by molar-refractivity contribution is 0.190. The lowest BCUT2D eigenvalue weighted by Crippen LogP contribution is -2.35. The molecule has 0 aromatic carbocycles. The molecule has 2 bridgehead atoms. The third-order valence-electron chi connectivity index (χ3n) is 3.45. The largest absolute Gasteiger partial charge is 0.383 e. The summed E-state index contributed by atoms with van der Waals surface area (Å²) in [6.07, 6.45) is 5.88. The summed E-state index contributed by atoms with van der Waals surface area (Å²) in [5.74, 6) is 2.04. The molecule has 0 heterocycles. The van der Waals surface area contributed by atoms with Gasteiger partial charge in [0.25, 0.3) is 0 Å². The molecule has 2 fully saturated rings. The predicted molar refractivity (Wildman–Crippen MR) is 49.1 cm³/mol. The van der Waals surface area contributed by atoms with E-state index in [0.29, 0.717) is 0 Å². The van der Waals surface area contributed by atoms with Gasteiger partial charge in [-0.25, -0.2) is 0 Å². The van der Waals surface area contributed by atoms with Crippen molar-refractivity contribution in [2.75, 3.05) is 20.3 Å². The zero-order valence-corrected chi connectivity index (χ0v) is 7.88. The van der Waals surface area contributed by atoms with E-state index >= 15 is 0 Å². The topological polar surface area (TPSA) is 21.3 Å². The molecule has 0 saturated heterocycles. The molecule has 2 aliphatic rings. The van der Waals surface area contributed by atoms with Crippen molar-refractivity contribution < 1.29 is 4.74 Å². The molecule has 0 unspecified atom stereocenters. The van der Waals surface area contributed by atoms with Crippen LogP contribution in [-0.2, 0) is 4.74 Å². The van der Waals surface area contributed by atoms with Crippen molar-refractivity contribution in [2.24, 2.45) is 11.8 Å². The third kappa shape index (κ3) is 1.64.